The summed E-state index contributed by atoms with van der Waals surface area (Å²) in [6.07, 6.45) is 0. The third-order valence-electron chi connectivity index (χ3n) is 3.87. The second kappa shape index (κ2) is 8.15. The van der Waals surface area contributed by atoms with Crippen LogP contribution >= 0.6 is 11.3 Å². The summed E-state index contributed by atoms with van der Waals surface area (Å²) in [4.78, 5) is 16.4. The fourth-order valence-corrected chi connectivity index (χ4v) is 4.49. The molecule has 0 fully saturated rings. The molecule has 3 N–H and O–H groups in total. The highest BCUT2D eigenvalue weighted by Crippen LogP contribution is 2.29. The van der Waals surface area contributed by atoms with Gasteiger partial charge in [0.2, 0.25) is 0 Å². The Kier molecular flexibility index (Phi) is 5.85. The molecule has 0 bridgehead atoms. The SMILES string of the molecule is Cc1ccc(S(=O)(=O)Nc2nc3cc(NC(=O)NCC(C)C)ccc3s2)cc1. The van der Waals surface area contributed by atoms with Crippen LogP contribution in [0.2, 0.25) is 0 Å². The van der Waals surface area contributed by atoms with E-state index in [4.69, 9.17) is 0 Å². The summed E-state index contributed by atoms with van der Waals surface area (Å²) in [5, 5.41) is 5.81. The van der Waals surface area contributed by atoms with Crippen LogP contribution in [0.1, 0.15) is 19.4 Å². The molecule has 2 amide bonds. The number of aromatic nitrogens is 1. The molecule has 1 heterocycles. The second-order valence-electron chi connectivity index (χ2n) is 6.85. The Balaban J connectivity index is 1.75. The van der Waals surface area contributed by atoms with Crippen molar-refractivity contribution in [3.8, 4) is 0 Å². The highest BCUT2D eigenvalue weighted by molar-refractivity contribution is 7.93. The Labute approximate surface area is 168 Å². The molecule has 0 spiro atoms. The predicted octanol–water partition coefficient (Wildman–Crippen LogP) is 4.18. The van der Waals surface area contributed by atoms with Crippen LogP contribution in [0.5, 0.6) is 0 Å². The largest absolute Gasteiger partial charge is 0.338 e. The average molecular weight is 419 g/mol. The maximum absolute atomic E-state index is 12.5. The van der Waals surface area contributed by atoms with Crippen LogP contribution in [0.15, 0.2) is 47.4 Å². The number of hydrogen-bond donors (Lipinski definition) is 3. The fraction of sp³-hybridized carbons (Fsp3) is 0.263. The van der Waals surface area contributed by atoms with Gasteiger partial charge in [-0.25, -0.2) is 18.2 Å². The zero-order valence-corrected chi connectivity index (χ0v) is 17.4. The number of anilines is 2. The third-order valence-corrected chi connectivity index (χ3v) is 6.31. The van der Waals surface area contributed by atoms with Crippen molar-refractivity contribution >= 4 is 48.4 Å². The van der Waals surface area contributed by atoms with Gasteiger partial charge in [-0.15, -0.1) is 0 Å². The molecular formula is C19H22N4O3S2. The van der Waals surface area contributed by atoms with Crippen LogP contribution < -0.4 is 15.4 Å². The Morgan fingerprint density at radius 1 is 1.14 bits per heavy atom. The number of benzene rings is 2. The molecule has 2 aromatic carbocycles. The van der Waals surface area contributed by atoms with Gasteiger partial charge in [0.25, 0.3) is 10.0 Å². The van der Waals surface area contributed by atoms with Gasteiger partial charge in [0.15, 0.2) is 5.13 Å². The molecule has 9 heteroatoms. The van der Waals surface area contributed by atoms with Gasteiger partial charge in [-0.1, -0.05) is 42.9 Å². The number of nitrogens with zero attached hydrogens (tertiary/aromatic N) is 1. The number of fused-ring (bicyclic) bond motifs is 1. The van der Waals surface area contributed by atoms with Gasteiger partial charge in [0.05, 0.1) is 15.1 Å². The molecule has 0 atom stereocenters. The number of amides is 2. The molecule has 0 radical (unpaired) electrons. The number of thiazole rings is 1. The van der Waals surface area contributed by atoms with E-state index < -0.39 is 10.0 Å². The zero-order chi connectivity index (χ0) is 20.3. The normalized spacial score (nSPS) is 11.6. The van der Waals surface area contributed by atoms with Crippen molar-refractivity contribution in [1.29, 1.82) is 0 Å². The van der Waals surface area contributed by atoms with E-state index in [2.05, 4.69) is 20.3 Å². The van der Waals surface area contributed by atoms with Crippen molar-refractivity contribution in [2.45, 2.75) is 25.7 Å². The smallest absolute Gasteiger partial charge is 0.319 e. The lowest BCUT2D eigenvalue weighted by Crippen LogP contribution is -2.31. The van der Waals surface area contributed by atoms with E-state index in [1.54, 1.807) is 42.5 Å². The van der Waals surface area contributed by atoms with Crippen molar-refractivity contribution in [3.63, 3.8) is 0 Å². The van der Waals surface area contributed by atoms with Gasteiger partial charge in [0, 0.05) is 12.2 Å². The fourth-order valence-electron chi connectivity index (χ4n) is 2.41. The predicted molar refractivity (Wildman–Crippen MR) is 113 cm³/mol. The molecule has 7 nitrogen and oxygen atoms in total. The van der Waals surface area contributed by atoms with Crippen molar-refractivity contribution in [3.05, 3.63) is 48.0 Å². The monoisotopic (exact) mass is 418 g/mol. The molecule has 0 saturated carbocycles. The Bertz CT molecular complexity index is 1090. The van der Waals surface area contributed by atoms with Gasteiger partial charge < -0.3 is 10.6 Å². The summed E-state index contributed by atoms with van der Waals surface area (Å²) in [6.45, 7) is 6.50. The van der Waals surface area contributed by atoms with Crippen LogP contribution in [0, 0.1) is 12.8 Å². The second-order valence-corrected chi connectivity index (χ2v) is 9.56. The topological polar surface area (TPSA) is 100 Å². The molecule has 28 heavy (non-hydrogen) atoms. The lowest BCUT2D eigenvalue weighted by Gasteiger charge is -2.09. The molecule has 0 unspecified atom stereocenters. The van der Waals surface area contributed by atoms with Crippen molar-refractivity contribution in [2.24, 2.45) is 5.92 Å². The van der Waals surface area contributed by atoms with E-state index in [9.17, 15) is 13.2 Å². The number of carbonyl (C=O) groups is 1. The molecule has 0 aliphatic carbocycles. The van der Waals surface area contributed by atoms with E-state index in [0.29, 0.717) is 23.7 Å². The van der Waals surface area contributed by atoms with Crippen LogP contribution in [0.4, 0.5) is 15.6 Å². The quantitative estimate of drug-likeness (QED) is 0.559. The Hall–Kier alpha value is -2.65. The summed E-state index contributed by atoms with van der Waals surface area (Å²) < 4.78 is 28.4. The number of urea groups is 1. The van der Waals surface area contributed by atoms with E-state index in [1.165, 1.54) is 11.3 Å². The minimum atomic E-state index is -3.70. The number of hydrogen-bond acceptors (Lipinski definition) is 5. The molecule has 148 valence electrons. The Morgan fingerprint density at radius 2 is 1.86 bits per heavy atom. The van der Waals surface area contributed by atoms with E-state index in [1.807, 2.05) is 20.8 Å². The first-order chi connectivity index (χ1) is 13.2. The van der Waals surface area contributed by atoms with Crippen LogP contribution in [0.25, 0.3) is 10.2 Å². The lowest BCUT2D eigenvalue weighted by atomic mass is 10.2. The molecule has 0 aliphatic heterocycles. The van der Waals surface area contributed by atoms with Gasteiger partial charge >= 0.3 is 6.03 Å². The van der Waals surface area contributed by atoms with E-state index >= 15 is 0 Å². The summed E-state index contributed by atoms with van der Waals surface area (Å²) >= 11 is 1.23. The van der Waals surface area contributed by atoms with Crippen LogP contribution in [-0.4, -0.2) is 26.0 Å². The summed E-state index contributed by atoms with van der Waals surface area (Å²) in [7, 11) is -3.70. The minimum Gasteiger partial charge on any atom is -0.338 e. The first kappa shape index (κ1) is 20.1. The van der Waals surface area contributed by atoms with Crippen molar-refractivity contribution < 1.29 is 13.2 Å². The third kappa shape index (κ3) is 4.99. The number of carbonyl (C=O) groups excluding carboxylic acids is 1. The van der Waals surface area contributed by atoms with E-state index in [-0.39, 0.29) is 16.1 Å². The van der Waals surface area contributed by atoms with E-state index in [0.717, 1.165) is 10.3 Å². The van der Waals surface area contributed by atoms with Gasteiger partial charge in [-0.2, -0.15) is 0 Å². The maximum Gasteiger partial charge on any atom is 0.319 e. The Morgan fingerprint density at radius 3 is 2.54 bits per heavy atom. The standard InChI is InChI=1S/C19H22N4O3S2/c1-12(2)11-20-18(24)21-14-6-9-17-16(10-14)22-19(27-17)23-28(25,26)15-7-4-13(3)5-8-15/h4-10,12H,11H2,1-3H3,(H,22,23)(H2,20,21,24). The van der Waals surface area contributed by atoms with Crippen LogP contribution in [0.3, 0.4) is 0 Å². The number of nitrogens with one attached hydrogen (secondary N) is 3. The molecule has 3 aromatic rings. The average Bonchev–Trinajstić information content (AvgIpc) is 3.01. The molecule has 1 aromatic heterocycles. The lowest BCUT2D eigenvalue weighted by molar-refractivity contribution is 0.251. The highest BCUT2D eigenvalue weighted by atomic mass is 32.2. The van der Waals surface area contributed by atoms with Gasteiger partial charge in [-0.05, 0) is 43.2 Å². The summed E-state index contributed by atoms with van der Waals surface area (Å²) in [6, 6.07) is 11.6. The number of sulfonamides is 1. The van der Waals surface area contributed by atoms with Gasteiger partial charge in [-0.3, -0.25) is 4.72 Å². The van der Waals surface area contributed by atoms with Crippen molar-refractivity contribution in [1.82, 2.24) is 10.3 Å². The molecular weight excluding hydrogens is 396 g/mol. The highest BCUT2D eigenvalue weighted by Gasteiger charge is 2.16. The molecule has 0 aliphatic rings. The van der Waals surface area contributed by atoms with Crippen molar-refractivity contribution in [2.75, 3.05) is 16.6 Å². The number of aryl methyl sites for hydroxylation is 1. The molecule has 3 rings (SSSR count). The summed E-state index contributed by atoms with van der Waals surface area (Å²) in [5.41, 5.74) is 2.18. The minimum absolute atomic E-state index is 0.182. The van der Waals surface area contributed by atoms with Gasteiger partial charge in [0.1, 0.15) is 0 Å². The zero-order valence-electron chi connectivity index (χ0n) is 15.8. The maximum atomic E-state index is 12.5. The molecule has 0 saturated heterocycles. The van der Waals surface area contributed by atoms with Crippen LogP contribution in [-0.2, 0) is 10.0 Å². The summed E-state index contributed by atoms with van der Waals surface area (Å²) in [5.74, 6) is 0.357. The first-order valence-electron chi connectivity index (χ1n) is 8.78. The number of rotatable bonds is 6. The first-order valence-corrected chi connectivity index (χ1v) is 11.1.